The van der Waals surface area contributed by atoms with Gasteiger partial charge in [0, 0.05) is 48.2 Å². The average Bonchev–Trinajstić information content (AvgIpc) is 3.41. The maximum atomic E-state index is 5.33. The molecule has 1 saturated heterocycles. The Morgan fingerprint density at radius 2 is 1.76 bits per heavy atom. The van der Waals surface area contributed by atoms with Gasteiger partial charge in [0.2, 0.25) is 0 Å². The zero-order valence-corrected chi connectivity index (χ0v) is 16.7. The number of anilines is 1. The van der Waals surface area contributed by atoms with Crippen molar-refractivity contribution >= 4 is 27.5 Å². The van der Waals surface area contributed by atoms with Gasteiger partial charge in [0.15, 0.2) is 0 Å². The van der Waals surface area contributed by atoms with Crippen LogP contribution in [0.3, 0.4) is 0 Å². The smallest absolute Gasteiger partial charge is 0.0954 e. The van der Waals surface area contributed by atoms with Gasteiger partial charge in [-0.05, 0) is 49.8 Å². The van der Waals surface area contributed by atoms with Gasteiger partial charge in [0.1, 0.15) is 0 Å². The fraction of sp³-hybridized carbons (Fsp3) is 0.409. The first-order chi connectivity index (χ1) is 14.3. The van der Waals surface area contributed by atoms with Crippen LogP contribution in [0.1, 0.15) is 29.7 Å². The maximum Gasteiger partial charge on any atom is 0.0954 e. The summed E-state index contributed by atoms with van der Waals surface area (Å²) in [6.45, 7) is 6.07. The van der Waals surface area contributed by atoms with Crippen LogP contribution in [0.25, 0.3) is 33.1 Å². The molecule has 0 amide bonds. The summed E-state index contributed by atoms with van der Waals surface area (Å²) in [4.78, 5) is 7.80. The molecule has 4 heterocycles. The summed E-state index contributed by atoms with van der Waals surface area (Å²) < 4.78 is 0. The second kappa shape index (κ2) is 6.56. The van der Waals surface area contributed by atoms with Crippen molar-refractivity contribution in [2.75, 3.05) is 31.1 Å². The van der Waals surface area contributed by atoms with E-state index >= 15 is 0 Å². The molecule has 7 nitrogen and oxygen atoms in total. The molecule has 0 unspecified atom stereocenters. The van der Waals surface area contributed by atoms with Crippen LogP contribution in [0.4, 0.5) is 5.69 Å². The fourth-order valence-corrected chi connectivity index (χ4v) is 5.07. The SMILES string of the molecule is Cc1[nH]ncc1-c1nc2c(N3CCNCC3)cc3[nH]ncc3c2c2c1CCCC2. The van der Waals surface area contributed by atoms with Gasteiger partial charge in [0.05, 0.1) is 34.8 Å². The second-order valence-corrected chi connectivity index (χ2v) is 8.22. The Morgan fingerprint density at radius 3 is 2.55 bits per heavy atom. The third kappa shape index (κ3) is 2.57. The van der Waals surface area contributed by atoms with E-state index < -0.39 is 0 Å². The first-order valence-electron chi connectivity index (χ1n) is 10.6. The number of aryl methyl sites for hydroxylation is 2. The summed E-state index contributed by atoms with van der Waals surface area (Å²) in [5, 5.41) is 20.9. The van der Waals surface area contributed by atoms with Crippen molar-refractivity contribution in [3.05, 3.63) is 35.3 Å². The number of nitrogens with one attached hydrogen (secondary N) is 3. The molecule has 3 aromatic heterocycles. The van der Waals surface area contributed by atoms with Gasteiger partial charge in [-0.15, -0.1) is 0 Å². The van der Waals surface area contributed by atoms with Gasteiger partial charge in [-0.3, -0.25) is 10.2 Å². The minimum Gasteiger partial charge on any atom is -0.367 e. The van der Waals surface area contributed by atoms with E-state index in [2.05, 4.69) is 43.6 Å². The quantitative estimate of drug-likeness (QED) is 0.492. The number of benzene rings is 1. The highest BCUT2D eigenvalue weighted by atomic mass is 15.2. The van der Waals surface area contributed by atoms with E-state index in [1.807, 2.05) is 12.4 Å². The van der Waals surface area contributed by atoms with Crippen LogP contribution in [-0.4, -0.2) is 51.6 Å². The number of hydrogen-bond donors (Lipinski definition) is 3. The molecule has 0 atom stereocenters. The zero-order chi connectivity index (χ0) is 19.4. The molecule has 29 heavy (non-hydrogen) atoms. The molecule has 0 saturated carbocycles. The largest absolute Gasteiger partial charge is 0.367 e. The molecule has 1 aliphatic heterocycles. The lowest BCUT2D eigenvalue weighted by atomic mass is 9.85. The van der Waals surface area contributed by atoms with Crippen LogP contribution < -0.4 is 10.2 Å². The highest BCUT2D eigenvalue weighted by molar-refractivity contribution is 6.13. The predicted octanol–water partition coefficient (Wildman–Crippen LogP) is 3.10. The molecular formula is C22H25N7. The topological polar surface area (TPSA) is 85.5 Å². The van der Waals surface area contributed by atoms with Crippen LogP contribution in [0, 0.1) is 6.92 Å². The highest BCUT2D eigenvalue weighted by Gasteiger charge is 2.25. The Balaban J connectivity index is 1.73. The third-order valence-corrected chi connectivity index (χ3v) is 6.52. The zero-order valence-electron chi connectivity index (χ0n) is 16.7. The summed E-state index contributed by atoms with van der Waals surface area (Å²) in [5.41, 5.74) is 9.60. The van der Waals surface area contributed by atoms with Crippen LogP contribution in [0.15, 0.2) is 18.5 Å². The number of pyridine rings is 1. The van der Waals surface area contributed by atoms with Crippen LogP contribution in [0.5, 0.6) is 0 Å². The van der Waals surface area contributed by atoms with Crippen LogP contribution in [0.2, 0.25) is 0 Å². The summed E-state index contributed by atoms with van der Waals surface area (Å²) in [6.07, 6.45) is 8.53. The lowest BCUT2D eigenvalue weighted by Crippen LogP contribution is -2.43. The third-order valence-electron chi connectivity index (χ3n) is 6.52. The Hall–Kier alpha value is -2.93. The number of rotatable bonds is 2. The van der Waals surface area contributed by atoms with Gasteiger partial charge in [-0.25, -0.2) is 4.98 Å². The first kappa shape index (κ1) is 17.0. The number of nitrogens with zero attached hydrogens (tertiary/aromatic N) is 4. The highest BCUT2D eigenvalue weighted by Crippen LogP contribution is 2.41. The molecule has 0 radical (unpaired) electrons. The van der Waals surface area contributed by atoms with Crippen molar-refractivity contribution in [1.82, 2.24) is 30.7 Å². The van der Waals surface area contributed by atoms with Gasteiger partial charge < -0.3 is 10.2 Å². The molecular weight excluding hydrogens is 362 g/mol. The van der Waals surface area contributed by atoms with Crippen molar-refractivity contribution in [2.24, 2.45) is 0 Å². The minimum absolute atomic E-state index is 0.994. The molecule has 6 rings (SSSR count). The Bertz CT molecular complexity index is 1210. The van der Waals surface area contributed by atoms with Gasteiger partial charge >= 0.3 is 0 Å². The molecule has 0 spiro atoms. The minimum atomic E-state index is 0.994. The van der Waals surface area contributed by atoms with Crippen LogP contribution >= 0.6 is 0 Å². The number of aromatic nitrogens is 5. The first-order valence-corrected chi connectivity index (χ1v) is 10.6. The predicted molar refractivity (Wildman–Crippen MR) is 115 cm³/mol. The lowest BCUT2D eigenvalue weighted by Gasteiger charge is -2.31. The monoisotopic (exact) mass is 387 g/mol. The summed E-state index contributed by atoms with van der Waals surface area (Å²) in [6, 6.07) is 2.24. The van der Waals surface area contributed by atoms with Gasteiger partial charge in [0.25, 0.3) is 0 Å². The summed E-state index contributed by atoms with van der Waals surface area (Å²) in [7, 11) is 0. The number of hydrogen-bond acceptors (Lipinski definition) is 5. The molecule has 3 N–H and O–H groups in total. The number of H-pyrrole nitrogens is 2. The second-order valence-electron chi connectivity index (χ2n) is 8.22. The van der Waals surface area contributed by atoms with E-state index in [-0.39, 0.29) is 0 Å². The number of fused-ring (bicyclic) bond motifs is 5. The molecule has 7 heteroatoms. The molecule has 148 valence electrons. The molecule has 2 aliphatic rings. The molecule has 0 bridgehead atoms. The molecule has 1 fully saturated rings. The normalized spacial score (nSPS) is 17.2. The standard InChI is InChI=1S/C22H25N7/c1-13-16(11-24-27-13)21-15-5-3-2-4-14(15)20-17-12-25-28-18(17)10-19(22(20)26-21)29-8-6-23-7-9-29/h10-12,23H,2-9H2,1H3,(H,24,27)(H,25,28). The van der Waals surface area contributed by atoms with Crippen molar-refractivity contribution in [3.8, 4) is 11.3 Å². The van der Waals surface area contributed by atoms with E-state index in [0.29, 0.717) is 0 Å². The molecule has 4 aromatic rings. The molecule has 1 aliphatic carbocycles. The van der Waals surface area contributed by atoms with E-state index in [1.54, 1.807) is 0 Å². The maximum absolute atomic E-state index is 5.33. The lowest BCUT2D eigenvalue weighted by molar-refractivity contribution is 0.590. The summed E-state index contributed by atoms with van der Waals surface area (Å²) >= 11 is 0. The van der Waals surface area contributed by atoms with Crippen molar-refractivity contribution in [1.29, 1.82) is 0 Å². The van der Waals surface area contributed by atoms with Crippen molar-refractivity contribution < 1.29 is 0 Å². The number of aromatic amines is 2. The Labute approximate surface area is 168 Å². The van der Waals surface area contributed by atoms with Crippen molar-refractivity contribution in [2.45, 2.75) is 32.6 Å². The Kier molecular flexibility index (Phi) is 3.84. The average molecular weight is 387 g/mol. The van der Waals surface area contributed by atoms with Gasteiger partial charge in [-0.2, -0.15) is 10.2 Å². The van der Waals surface area contributed by atoms with Crippen molar-refractivity contribution in [3.63, 3.8) is 0 Å². The number of piperazine rings is 1. The fourth-order valence-electron chi connectivity index (χ4n) is 5.07. The van der Waals surface area contributed by atoms with E-state index in [0.717, 1.165) is 67.0 Å². The van der Waals surface area contributed by atoms with E-state index in [9.17, 15) is 0 Å². The van der Waals surface area contributed by atoms with E-state index in [4.69, 9.17) is 4.98 Å². The van der Waals surface area contributed by atoms with E-state index in [1.165, 1.54) is 40.4 Å². The van der Waals surface area contributed by atoms with Crippen LogP contribution in [-0.2, 0) is 12.8 Å². The molecule has 1 aromatic carbocycles. The van der Waals surface area contributed by atoms with Gasteiger partial charge in [-0.1, -0.05) is 0 Å². The Morgan fingerprint density at radius 1 is 0.966 bits per heavy atom. The summed E-state index contributed by atoms with van der Waals surface area (Å²) in [5.74, 6) is 0.